The van der Waals surface area contributed by atoms with Crippen molar-refractivity contribution in [1.29, 1.82) is 0 Å². The maximum atomic E-state index is 11.5. The number of carboxylic acids is 1. The van der Waals surface area contributed by atoms with Crippen LogP contribution in [0.4, 0.5) is 5.13 Å². The predicted molar refractivity (Wildman–Crippen MR) is 293 cm³/mol. The van der Waals surface area contributed by atoms with Crippen LogP contribution in [0, 0.1) is 11.3 Å². The van der Waals surface area contributed by atoms with E-state index in [9.17, 15) is 23.4 Å². The monoisotopic (exact) mass is 1020 g/mol. The van der Waals surface area contributed by atoms with Crippen molar-refractivity contribution < 1.29 is 38.0 Å². The number of carboxylic acid groups (broad SMARTS) is 1. The van der Waals surface area contributed by atoms with Crippen molar-refractivity contribution in [3.05, 3.63) is 42.3 Å². The fraction of sp³-hybridized carbons (Fsp3) is 0.654. The lowest BCUT2D eigenvalue weighted by molar-refractivity contribution is -0.137. The first kappa shape index (κ1) is 67.6. The van der Waals surface area contributed by atoms with Crippen LogP contribution in [0.15, 0.2) is 42.3 Å². The Bertz CT molecular complexity index is 1860. The molecule has 0 radical (unpaired) electrons. The Kier molecular flexibility index (Phi) is 38.8. The van der Waals surface area contributed by atoms with Crippen LogP contribution in [0.25, 0.3) is 22.3 Å². The maximum absolute atomic E-state index is 11.5. The van der Waals surface area contributed by atoms with Gasteiger partial charge in [0.25, 0.3) is 0 Å². The molecule has 0 spiro atoms. The highest BCUT2D eigenvalue weighted by Crippen LogP contribution is 2.33. The van der Waals surface area contributed by atoms with Gasteiger partial charge in [-0.25, -0.2) is 18.5 Å². The van der Waals surface area contributed by atoms with Gasteiger partial charge in [-0.1, -0.05) is 93.1 Å². The number of carbonyl (C=O) groups excluding carboxylic acids is 3. The van der Waals surface area contributed by atoms with E-state index in [1.165, 1.54) is 43.4 Å². The zero-order valence-electron chi connectivity index (χ0n) is 45.4. The Balaban J connectivity index is 0. The summed E-state index contributed by atoms with van der Waals surface area (Å²) < 4.78 is 24.2. The lowest BCUT2D eigenvalue weighted by Gasteiger charge is -2.33. The van der Waals surface area contributed by atoms with E-state index in [0.29, 0.717) is 24.2 Å². The molecule has 3 unspecified atom stereocenters. The molecule has 5 rings (SSSR count). The quantitative estimate of drug-likeness (QED) is 0.0562. The molecular weight excluding hydrogens is 929 g/mol. The summed E-state index contributed by atoms with van der Waals surface area (Å²) in [4.78, 5) is 50.8. The van der Waals surface area contributed by atoms with E-state index in [1.54, 1.807) is 38.7 Å². The molecule has 2 aliphatic rings. The third kappa shape index (κ3) is 28.4. The molecule has 1 saturated carbocycles. The van der Waals surface area contributed by atoms with Crippen molar-refractivity contribution in [2.45, 2.75) is 151 Å². The van der Waals surface area contributed by atoms with Crippen molar-refractivity contribution in [1.82, 2.24) is 35.1 Å². The number of hydrogen-bond donors (Lipinski definition) is 5. The summed E-state index contributed by atoms with van der Waals surface area (Å²) in [6.45, 7) is 26.4. The van der Waals surface area contributed by atoms with Crippen LogP contribution in [0.2, 0.25) is 0 Å². The average molecular weight is 1020 g/mol. The van der Waals surface area contributed by atoms with Gasteiger partial charge >= 0.3 is 5.97 Å². The van der Waals surface area contributed by atoms with Gasteiger partial charge in [-0.3, -0.25) is 14.4 Å². The molecule has 2 amide bonds. The molecule has 0 bridgehead atoms. The van der Waals surface area contributed by atoms with Crippen LogP contribution in [0.1, 0.15) is 127 Å². The van der Waals surface area contributed by atoms with Gasteiger partial charge in [-0.2, -0.15) is 0 Å². The van der Waals surface area contributed by atoms with Crippen LogP contribution in [0.3, 0.4) is 0 Å². The average Bonchev–Trinajstić information content (AvgIpc) is 4.05. The molecule has 400 valence electrons. The lowest BCUT2D eigenvalue weighted by Crippen LogP contribution is -2.46. The van der Waals surface area contributed by atoms with E-state index < -0.39 is 17.0 Å². The van der Waals surface area contributed by atoms with E-state index in [2.05, 4.69) is 67.4 Å². The summed E-state index contributed by atoms with van der Waals surface area (Å²) in [5, 5.41) is 24.3. The highest BCUT2D eigenvalue weighted by atomic mass is 32.2. The molecule has 3 aromatic rings. The summed E-state index contributed by atoms with van der Waals surface area (Å²) in [7, 11) is 8.10. The molecule has 70 heavy (non-hydrogen) atoms. The van der Waals surface area contributed by atoms with E-state index in [1.807, 2.05) is 82.7 Å². The number of methoxy groups -OCH3 is 2. The van der Waals surface area contributed by atoms with Crippen LogP contribution in [0.5, 0.6) is 11.5 Å². The Morgan fingerprint density at radius 1 is 0.971 bits per heavy atom. The van der Waals surface area contributed by atoms with Crippen molar-refractivity contribution in [3.63, 3.8) is 0 Å². The summed E-state index contributed by atoms with van der Waals surface area (Å²) >= 11 is 1.57. The van der Waals surface area contributed by atoms with Crippen molar-refractivity contribution >= 4 is 63.4 Å². The molecule has 16 nitrogen and oxygen atoms in total. The molecule has 2 fully saturated rings. The number of nitrogens with one attached hydrogen (secondary N) is 4. The summed E-state index contributed by atoms with van der Waals surface area (Å²) in [5.74, 6) is 1.65. The summed E-state index contributed by atoms with van der Waals surface area (Å²) in [6.07, 6.45) is 15.0. The minimum atomic E-state index is -0.835. The first-order chi connectivity index (χ1) is 33.3. The smallest absolute Gasteiger partial charge is 0.304 e. The second-order valence-electron chi connectivity index (χ2n) is 17.6. The first-order valence-corrected chi connectivity index (χ1v) is 26.9. The first-order valence-electron chi connectivity index (χ1n) is 24.7. The number of benzene rings is 1. The Hall–Kier alpha value is -4.49. The zero-order chi connectivity index (χ0) is 53.7. The van der Waals surface area contributed by atoms with Crippen molar-refractivity contribution in [2.24, 2.45) is 11.3 Å². The van der Waals surface area contributed by atoms with Gasteiger partial charge < -0.3 is 45.5 Å². The van der Waals surface area contributed by atoms with Gasteiger partial charge in [0, 0.05) is 66.4 Å². The molecule has 2 aromatic heterocycles. The number of thiazole rings is 1. The van der Waals surface area contributed by atoms with Crippen LogP contribution in [-0.2, 0) is 30.2 Å². The molecule has 1 aliphatic carbocycles. The number of aliphatic carboxylic acids is 1. The SMILES string of the molecule is C1CCCCC1.C=CC(C)C(CC(=O)O)NC.CC.CCNC=O.CCS(=O)N(C)C[C@@H](NC)C(C)(C)C.COc1ccc2c(OC)cc(-c3csc(NC(C)C)n3)nc2c1.O=C[C@@H]1CCCN1C=O. The van der Waals surface area contributed by atoms with E-state index in [0.717, 1.165) is 84.1 Å². The number of nitrogens with zero attached hydrogens (tertiary/aromatic N) is 4. The second kappa shape index (κ2) is 40.1. The molecule has 5 atom stereocenters. The van der Waals surface area contributed by atoms with Crippen LogP contribution < -0.4 is 30.7 Å². The third-order valence-corrected chi connectivity index (χ3v) is 13.1. The Labute approximate surface area is 428 Å². The van der Waals surface area contributed by atoms with E-state index in [-0.39, 0.29) is 29.8 Å². The number of amides is 2. The predicted octanol–water partition coefficient (Wildman–Crippen LogP) is 9.23. The third-order valence-electron chi connectivity index (χ3n) is 11.0. The second-order valence-corrected chi connectivity index (χ2v) is 20.3. The largest absolute Gasteiger partial charge is 0.497 e. The van der Waals surface area contributed by atoms with Gasteiger partial charge in [-0.05, 0) is 78.2 Å². The standard InChI is InChI=1S/C17H19N3O2S.C10H24N2OS.C8H15NO2.C6H9NO2.C6H12.C3H7NO.C2H6/c1-10(2)18-17-20-15(9-23-17)14-8-16(22-4)12-6-5-11(21-3)7-13(12)19-14;1-7-14(13)12(6)8-9(11-5)10(2,3)4;1-4-6(2)7(9-3)5-8(10)11;8-4-6-2-1-3-7(6)5-9;1-2-4-6-5-3-1;1-2-4-3-5;1-2/h5-10H,1-4H3,(H,18,20);9,11H,7-8H2,1-6H3;4,6-7,9H,1,5H2,2-3H3,(H,10,11);4-6H,1-3H2;1-6H2;3H,2H2,1H3,(H,4,5);1-2H3/t;9-,14?;;6-;;;/m.1.0.../s1. The summed E-state index contributed by atoms with van der Waals surface area (Å²) in [6, 6.07) is 8.24. The fourth-order valence-electron chi connectivity index (χ4n) is 6.81. The minimum Gasteiger partial charge on any atom is -0.497 e. The normalized spacial score (nSPS) is 15.4. The number of likely N-dealkylation sites (tertiary alicyclic amines) is 1. The van der Waals surface area contributed by atoms with Gasteiger partial charge in [0.05, 0.1) is 48.9 Å². The summed E-state index contributed by atoms with van der Waals surface area (Å²) in [5.41, 5.74) is 2.64. The number of likely N-dealkylation sites (N-methyl/N-ethyl adjacent to an activating group) is 2. The molecule has 1 aromatic carbocycles. The highest BCUT2D eigenvalue weighted by Gasteiger charge is 2.25. The van der Waals surface area contributed by atoms with Crippen molar-refractivity contribution in [2.75, 3.05) is 66.1 Å². The number of fused-ring (bicyclic) bond motifs is 1. The van der Waals surface area contributed by atoms with Crippen LogP contribution >= 0.6 is 11.3 Å². The highest BCUT2D eigenvalue weighted by molar-refractivity contribution is 7.82. The molecule has 3 heterocycles. The van der Waals surface area contributed by atoms with Crippen LogP contribution in [-0.4, -0.2) is 138 Å². The molecule has 18 heteroatoms. The van der Waals surface area contributed by atoms with E-state index in [4.69, 9.17) is 19.6 Å². The number of rotatable bonds is 19. The number of carbonyl (C=O) groups is 4. The van der Waals surface area contributed by atoms with Crippen molar-refractivity contribution in [3.8, 4) is 22.9 Å². The number of ether oxygens (including phenoxy) is 2. The van der Waals surface area contributed by atoms with E-state index >= 15 is 0 Å². The van der Waals surface area contributed by atoms with Gasteiger partial charge in [0.1, 0.15) is 23.5 Å². The molecule has 1 saturated heterocycles. The Morgan fingerprint density at radius 3 is 1.99 bits per heavy atom. The number of aromatic nitrogens is 2. The Morgan fingerprint density at radius 2 is 1.59 bits per heavy atom. The molecular formula is C52H92N8O8S2. The number of hydrogen-bond acceptors (Lipinski definition) is 13. The molecule has 5 N–H and O–H groups in total. The van der Waals surface area contributed by atoms with Gasteiger partial charge in [0.2, 0.25) is 12.8 Å². The topological polar surface area (TPSA) is 204 Å². The van der Waals surface area contributed by atoms with Gasteiger partial charge in [-0.15, -0.1) is 17.9 Å². The molecule has 1 aliphatic heterocycles. The number of pyridine rings is 1. The number of anilines is 1. The maximum Gasteiger partial charge on any atom is 0.304 e. The fourth-order valence-corrected chi connectivity index (χ4v) is 8.41. The number of aldehydes is 1. The lowest BCUT2D eigenvalue weighted by atomic mass is 9.87. The van der Waals surface area contributed by atoms with Gasteiger partial charge in [0.15, 0.2) is 5.13 Å². The zero-order valence-corrected chi connectivity index (χ0v) is 47.0. The minimum absolute atomic E-state index is 0.00926.